The lowest BCUT2D eigenvalue weighted by Crippen LogP contribution is -1.95. The van der Waals surface area contributed by atoms with E-state index in [9.17, 15) is 4.79 Å². The van der Waals surface area contributed by atoms with Crippen LogP contribution in [0, 0.1) is 0 Å². The zero-order valence-corrected chi connectivity index (χ0v) is 9.83. The summed E-state index contributed by atoms with van der Waals surface area (Å²) in [4.78, 5) is 15.4. The number of allylic oxidation sites excluding steroid dienone is 2. The molecule has 84 valence electrons. The third-order valence-corrected chi connectivity index (χ3v) is 3.15. The van der Waals surface area contributed by atoms with E-state index in [0.717, 1.165) is 31.2 Å². The SMILES string of the molecule is O=C1C=C(Cc2ccncc2Cl)CCCC1. The Kier molecular flexibility index (Phi) is 3.73. The van der Waals surface area contributed by atoms with Gasteiger partial charge in [0.25, 0.3) is 0 Å². The second kappa shape index (κ2) is 5.26. The molecule has 0 saturated heterocycles. The van der Waals surface area contributed by atoms with Gasteiger partial charge in [-0.2, -0.15) is 0 Å². The van der Waals surface area contributed by atoms with Crippen LogP contribution in [-0.4, -0.2) is 10.8 Å². The van der Waals surface area contributed by atoms with Crippen LogP contribution in [0.2, 0.25) is 5.02 Å². The van der Waals surface area contributed by atoms with E-state index in [1.807, 2.05) is 6.07 Å². The summed E-state index contributed by atoms with van der Waals surface area (Å²) in [5.41, 5.74) is 2.24. The first-order valence-electron chi connectivity index (χ1n) is 5.56. The van der Waals surface area contributed by atoms with Crippen molar-refractivity contribution in [3.8, 4) is 0 Å². The molecule has 0 atom stereocenters. The van der Waals surface area contributed by atoms with Crippen LogP contribution in [0.1, 0.15) is 31.2 Å². The predicted molar refractivity (Wildman–Crippen MR) is 64.5 cm³/mol. The molecule has 0 spiro atoms. The zero-order valence-electron chi connectivity index (χ0n) is 9.08. The molecule has 1 heterocycles. The lowest BCUT2D eigenvalue weighted by Gasteiger charge is -2.06. The Hall–Kier alpha value is -1.15. The van der Waals surface area contributed by atoms with Gasteiger partial charge < -0.3 is 0 Å². The average molecular weight is 236 g/mol. The quantitative estimate of drug-likeness (QED) is 0.787. The number of carbonyl (C=O) groups excluding carboxylic acids is 1. The molecule has 0 bridgehead atoms. The van der Waals surface area contributed by atoms with E-state index in [1.54, 1.807) is 18.5 Å². The van der Waals surface area contributed by atoms with E-state index in [-0.39, 0.29) is 5.78 Å². The molecule has 0 aromatic carbocycles. The molecule has 0 unspecified atom stereocenters. The van der Waals surface area contributed by atoms with Crippen molar-refractivity contribution < 1.29 is 4.79 Å². The number of ketones is 1. The molecular formula is C13H14ClNO. The summed E-state index contributed by atoms with van der Waals surface area (Å²) in [5.74, 6) is 0.248. The van der Waals surface area contributed by atoms with Crippen LogP contribution < -0.4 is 0 Å². The summed E-state index contributed by atoms with van der Waals surface area (Å²) in [5, 5.41) is 0.681. The van der Waals surface area contributed by atoms with Crippen LogP contribution >= 0.6 is 11.6 Å². The zero-order chi connectivity index (χ0) is 11.4. The maximum absolute atomic E-state index is 11.4. The summed E-state index contributed by atoms with van der Waals surface area (Å²) in [6, 6.07) is 1.92. The highest BCUT2D eigenvalue weighted by Crippen LogP contribution is 2.22. The highest BCUT2D eigenvalue weighted by atomic mass is 35.5. The van der Waals surface area contributed by atoms with Gasteiger partial charge in [0.15, 0.2) is 5.78 Å². The number of aromatic nitrogens is 1. The largest absolute Gasteiger partial charge is 0.295 e. The maximum Gasteiger partial charge on any atom is 0.155 e. The molecule has 1 aromatic heterocycles. The van der Waals surface area contributed by atoms with Crippen molar-refractivity contribution in [2.24, 2.45) is 0 Å². The van der Waals surface area contributed by atoms with Gasteiger partial charge in [-0.1, -0.05) is 17.2 Å². The number of halogens is 1. The maximum atomic E-state index is 11.4. The number of hydrogen-bond donors (Lipinski definition) is 0. The van der Waals surface area contributed by atoms with Crippen molar-refractivity contribution in [2.75, 3.05) is 0 Å². The molecule has 2 nitrogen and oxygen atoms in total. The van der Waals surface area contributed by atoms with E-state index >= 15 is 0 Å². The Bertz CT molecular complexity index is 426. The molecule has 3 heteroatoms. The summed E-state index contributed by atoms with van der Waals surface area (Å²) in [7, 11) is 0. The van der Waals surface area contributed by atoms with Crippen molar-refractivity contribution in [2.45, 2.75) is 32.1 Å². The van der Waals surface area contributed by atoms with Crippen LogP contribution in [0.5, 0.6) is 0 Å². The first kappa shape index (κ1) is 11.3. The normalized spacial score (nSPS) is 16.8. The molecule has 0 amide bonds. The minimum atomic E-state index is 0.248. The molecule has 0 radical (unpaired) electrons. The fourth-order valence-electron chi connectivity index (χ4n) is 1.95. The Labute approximate surface area is 100 Å². The summed E-state index contributed by atoms with van der Waals surface area (Å²) >= 11 is 6.05. The Morgan fingerprint density at radius 2 is 2.12 bits per heavy atom. The third kappa shape index (κ3) is 2.92. The summed E-state index contributed by atoms with van der Waals surface area (Å²) in [6.45, 7) is 0. The lowest BCUT2D eigenvalue weighted by molar-refractivity contribution is -0.114. The van der Waals surface area contributed by atoms with Crippen molar-refractivity contribution in [1.29, 1.82) is 0 Å². The van der Waals surface area contributed by atoms with Crippen LogP contribution in [0.4, 0.5) is 0 Å². The van der Waals surface area contributed by atoms with E-state index in [0.29, 0.717) is 11.4 Å². The lowest BCUT2D eigenvalue weighted by atomic mass is 10.0. The average Bonchev–Trinajstić information content (AvgIpc) is 2.46. The van der Waals surface area contributed by atoms with Gasteiger partial charge in [0, 0.05) is 18.8 Å². The molecule has 1 aliphatic carbocycles. The molecule has 1 aromatic rings. The second-order valence-electron chi connectivity index (χ2n) is 4.12. The molecule has 2 rings (SSSR count). The van der Waals surface area contributed by atoms with Crippen molar-refractivity contribution >= 4 is 17.4 Å². The fraction of sp³-hybridized carbons (Fsp3) is 0.385. The monoisotopic (exact) mass is 235 g/mol. The minimum absolute atomic E-state index is 0.248. The van der Waals surface area contributed by atoms with Gasteiger partial charge in [0.2, 0.25) is 0 Å². The third-order valence-electron chi connectivity index (χ3n) is 2.81. The topological polar surface area (TPSA) is 30.0 Å². The van der Waals surface area contributed by atoms with Gasteiger partial charge in [-0.3, -0.25) is 9.78 Å². The van der Waals surface area contributed by atoms with Crippen molar-refractivity contribution in [3.63, 3.8) is 0 Å². The number of rotatable bonds is 2. The van der Waals surface area contributed by atoms with Crippen LogP contribution in [-0.2, 0) is 11.2 Å². The Morgan fingerprint density at radius 1 is 1.31 bits per heavy atom. The molecule has 16 heavy (non-hydrogen) atoms. The summed E-state index contributed by atoms with van der Waals surface area (Å²) < 4.78 is 0. The number of nitrogens with zero attached hydrogens (tertiary/aromatic N) is 1. The Balaban J connectivity index is 2.14. The number of hydrogen-bond acceptors (Lipinski definition) is 2. The predicted octanol–water partition coefficient (Wildman–Crippen LogP) is 3.35. The first-order chi connectivity index (χ1) is 7.75. The molecule has 0 fully saturated rings. The summed E-state index contributed by atoms with van der Waals surface area (Å²) in [6.07, 6.45) is 9.74. The molecular weight excluding hydrogens is 222 g/mol. The van der Waals surface area contributed by atoms with Gasteiger partial charge in [0.1, 0.15) is 0 Å². The van der Waals surface area contributed by atoms with E-state index < -0.39 is 0 Å². The minimum Gasteiger partial charge on any atom is -0.295 e. The number of pyridine rings is 1. The highest BCUT2D eigenvalue weighted by molar-refractivity contribution is 6.31. The van der Waals surface area contributed by atoms with E-state index in [4.69, 9.17) is 11.6 Å². The fourth-order valence-corrected chi connectivity index (χ4v) is 2.14. The van der Waals surface area contributed by atoms with E-state index in [1.165, 1.54) is 5.57 Å². The number of carbonyl (C=O) groups is 1. The van der Waals surface area contributed by atoms with Gasteiger partial charge >= 0.3 is 0 Å². The molecule has 0 aliphatic heterocycles. The molecule has 0 N–H and O–H groups in total. The smallest absolute Gasteiger partial charge is 0.155 e. The van der Waals surface area contributed by atoms with Crippen molar-refractivity contribution in [1.82, 2.24) is 4.98 Å². The van der Waals surface area contributed by atoms with E-state index in [2.05, 4.69) is 4.98 Å². The van der Waals surface area contributed by atoms with Gasteiger partial charge in [-0.15, -0.1) is 0 Å². The van der Waals surface area contributed by atoms with Crippen LogP contribution in [0.15, 0.2) is 30.1 Å². The van der Waals surface area contributed by atoms with Crippen LogP contribution in [0.25, 0.3) is 0 Å². The molecule has 0 saturated carbocycles. The standard InChI is InChI=1S/C13H14ClNO/c14-13-9-15-6-5-11(13)7-10-3-1-2-4-12(16)8-10/h5-6,8-9H,1-4,7H2. The van der Waals surface area contributed by atoms with Gasteiger partial charge in [-0.05, 0) is 43.4 Å². The van der Waals surface area contributed by atoms with Crippen LogP contribution in [0.3, 0.4) is 0 Å². The Morgan fingerprint density at radius 3 is 2.94 bits per heavy atom. The van der Waals surface area contributed by atoms with Gasteiger partial charge in [0.05, 0.1) is 5.02 Å². The first-order valence-corrected chi connectivity index (χ1v) is 5.94. The van der Waals surface area contributed by atoms with Gasteiger partial charge in [-0.25, -0.2) is 0 Å². The molecule has 1 aliphatic rings. The van der Waals surface area contributed by atoms with Crippen molar-refractivity contribution in [3.05, 3.63) is 40.7 Å². The highest BCUT2D eigenvalue weighted by Gasteiger charge is 2.10. The second-order valence-corrected chi connectivity index (χ2v) is 4.53.